The summed E-state index contributed by atoms with van der Waals surface area (Å²) >= 11 is 0. The van der Waals surface area contributed by atoms with E-state index in [9.17, 15) is 0 Å². The SMILES string of the molecule is C=CCOCCOCCOc1ccc(CCCCCCCCC)cc1. The van der Waals surface area contributed by atoms with Crippen LogP contribution in [0.5, 0.6) is 5.75 Å². The molecule has 3 nitrogen and oxygen atoms in total. The Morgan fingerprint density at radius 2 is 1.44 bits per heavy atom. The normalized spacial score (nSPS) is 10.8. The van der Waals surface area contributed by atoms with Crippen LogP contribution in [-0.4, -0.2) is 33.0 Å². The van der Waals surface area contributed by atoms with Crippen molar-refractivity contribution >= 4 is 0 Å². The fourth-order valence-electron chi connectivity index (χ4n) is 2.64. The van der Waals surface area contributed by atoms with E-state index in [0.29, 0.717) is 33.0 Å². The first-order valence-corrected chi connectivity index (χ1v) is 9.85. The van der Waals surface area contributed by atoms with Crippen LogP contribution in [0.3, 0.4) is 0 Å². The molecule has 25 heavy (non-hydrogen) atoms. The van der Waals surface area contributed by atoms with Crippen LogP contribution < -0.4 is 4.74 Å². The molecule has 0 aliphatic rings. The zero-order valence-corrected chi connectivity index (χ0v) is 16.0. The zero-order valence-electron chi connectivity index (χ0n) is 16.0. The molecule has 0 aliphatic heterocycles. The lowest BCUT2D eigenvalue weighted by molar-refractivity contribution is 0.0449. The smallest absolute Gasteiger partial charge is 0.119 e. The van der Waals surface area contributed by atoms with Gasteiger partial charge in [-0.1, -0.05) is 63.7 Å². The van der Waals surface area contributed by atoms with Gasteiger partial charge in [-0.05, 0) is 30.5 Å². The number of aryl methyl sites for hydroxylation is 1. The summed E-state index contributed by atoms with van der Waals surface area (Å²) in [6, 6.07) is 8.47. The number of rotatable bonds is 17. The van der Waals surface area contributed by atoms with Crippen LogP contribution in [0, 0.1) is 0 Å². The van der Waals surface area contributed by atoms with Gasteiger partial charge in [0.25, 0.3) is 0 Å². The fourth-order valence-corrected chi connectivity index (χ4v) is 2.64. The maximum absolute atomic E-state index is 5.69. The lowest BCUT2D eigenvalue weighted by atomic mass is 10.0. The molecule has 0 saturated carbocycles. The summed E-state index contributed by atoms with van der Waals surface area (Å²) in [5.41, 5.74) is 1.40. The second-order valence-electron chi connectivity index (χ2n) is 6.34. The Kier molecular flexibility index (Phi) is 14.0. The highest BCUT2D eigenvalue weighted by molar-refractivity contribution is 5.27. The van der Waals surface area contributed by atoms with Gasteiger partial charge in [0.2, 0.25) is 0 Å². The van der Waals surface area contributed by atoms with Gasteiger partial charge in [0.05, 0.1) is 26.4 Å². The molecule has 142 valence electrons. The van der Waals surface area contributed by atoms with Crippen molar-refractivity contribution in [3.63, 3.8) is 0 Å². The van der Waals surface area contributed by atoms with Crippen molar-refractivity contribution < 1.29 is 14.2 Å². The van der Waals surface area contributed by atoms with Crippen LogP contribution in [-0.2, 0) is 15.9 Å². The molecule has 0 radical (unpaired) electrons. The standard InChI is InChI=1S/C22H36O3/c1-3-5-6-7-8-9-10-11-21-12-14-22(15-13-21)25-20-19-24-18-17-23-16-4-2/h4,12-15H,2-3,5-11,16-20H2,1H3. The van der Waals surface area contributed by atoms with Crippen molar-refractivity contribution in [1.82, 2.24) is 0 Å². The van der Waals surface area contributed by atoms with E-state index in [2.05, 4.69) is 37.8 Å². The van der Waals surface area contributed by atoms with Gasteiger partial charge < -0.3 is 14.2 Å². The Morgan fingerprint density at radius 1 is 0.800 bits per heavy atom. The Labute approximate surface area is 154 Å². The van der Waals surface area contributed by atoms with Crippen LogP contribution in [0.1, 0.15) is 57.4 Å². The summed E-state index contributed by atoms with van der Waals surface area (Å²) < 4.78 is 16.4. The summed E-state index contributed by atoms with van der Waals surface area (Å²) in [5, 5.41) is 0. The maximum atomic E-state index is 5.69. The third-order valence-corrected chi connectivity index (χ3v) is 4.10. The van der Waals surface area contributed by atoms with Crippen LogP contribution in [0.2, 0.25) is 0 Å². The second kappa shape index (κ2) is 16.2. The first kappa shape index (κ1) is 21.7. The molecule has 1 aromatic rings. The monoisotopic (exact) mass is 348 g/mol. The van der Waals surface area contributed by atoms with E-state index in [-0.39, 0.29) is 0 Å². The molecule has 0 spiro atoms. The number of ether oxygens (including phenoxy) is 3. The summed E-state index contributed by atoms with van der Waals surface area (Å²) in [7, 11) is 0. The van der Waals surface area contributed by atoms with E-state index in [4.69, 9.17) is 14.2 Å². The molecule has 0 aromatic heterocycles. The summed E-state index contributed by atoms with van der Waals surface area (Å²) in [4.78, 5) is 0. The molecule has 0 N–H and O–H groups in total. The van der Waals surface area contributed by atoms with Crippen molar-refractivity contribution in [3.05, 3.63) is 42.5 Å². The molecule has 0 saturated heterocycles. The predicted molar refractivity (Wildman–Crippen MR) is 105 cm³/mol. The van der Waals surface area contributed by atoms with Crippen LogP contribution in [0.15, 0.2) is 36.9 Å². The molecule has 1 aromatic carbocycles. The molecule has 0 bridgehead atoms. The van der Waals surface area contributed by atoms with Gasteiger partial charge in [-0.25, -0.2) is 0 Å². The van der Waals surface area contributed by atoms with Crippen molar-refractivity contribution in [2.75, 3.05) is 33.0 Å². The first-order chi connectivity index (χ1) is 12.4. The van der Waals surface area contributed by atoms with Crippen LogP contribution in [0.4, 0.5) is 0 Å². The molecular weight excluding hydrogens is 312 g/mol. The second-order valence-corrected chi connectivity index (χ2v) is 6.34. The summed E-state index contributed by atoms with van der Waals surface area (Å²) in [6.07, 6.45) is 12.4. The number of hydrogen-bond acceptors (Lipinski definition) is 3. The van der Waals surface area contributed by atoms with E-state index in [1.54, 1.807) is 6.08 Å². The van der Waals surface area contributed by atoms with Gasteiger partial charge in [0.15, 0.2) is 0 Å². The van der Waals surface area contributed by atoms with Crippen molar-refractivity contribution in [2.24, 2.45) is 0 Å². The predicted octanol–water partition coefficient (Wildman–Crippen LogP) is 5.58. The molecule has 0 amide bonds. The average Bonchev–Trinajstić information content (AvgIpc) is 2.64. The van der Waals surface area contributed by atoms with Gasteiger partial charge in [-0.3, -0.25) is 0 Å². The van der Waals surface area contributed by atoms with Gasteiger partial charge in [-0.2, -0.15) is 0 Å². The zero-order chi connectivity index (χ0) is 18.0. The molecule has 0 fully saturated rings. The Bertz CT molecular complexity index is 414. The van der Waals surface area contributed by atoms with E-state index in [0.717, 1.165) is 5.75 Å². The minimum atomic E-state index is 0.568. The lowest BCUT2D eigenvalue weighted by Crippen LogP contribution is -2.10. The molecular formula is C22H36O3. The van der Waals surface area contributed by atoms with Gasteiger partial charge in [0.1, 0.15) is 12.4 Å². The van der Waals surface area contributed by atoms with Crippen molar-refractivity contribution in [3.8, 4) is 5.75 Å². The number of hydrogen-bond donors (Lipinski definition) is 0. The number of benzene rings is 1. The van der Waals surface area contributed by atoms with Crippen molar-refractivity contribution in [1.29, 1.82) is 0 Å². The largest absolute Gasteiger partial charge is 0.491 e. The Hall–Kier alpha value is -1.32. The summed E-state index contributed by atoms with van der Waals surface area (Å²) in [6.45, 7) is 8.77. The highest BCUT2D eigenvalue weighted by Crippen LogP contribution is 2.15. The molecule has 3 heteroatoms. The quantitative estimate of drug-likeness (QED) is 0.272. The van der Waals surface area contributed by atoms with Crippen molar-refractivity contribution in [2.45, 2.75) is 58.3 Å². The highest BCUT2D eigenvalue weighted by atomic mass is 16.5. The molecule has 0 aliphatic carbocycles. The minimum Gasteiger partial charge on any atom is -0.491 e. The highest BCUT2D eigenvalue weighted by Gasteiger charge is 1.97. The molecule has 1 rings (SSSR count). The van der Waals surface area contributed by atoms with E-state index < -0.39 is 0 Å². The van der Waals surface area contributed by atoms with Gasteiger partial charge in [0, 0.05) is 0 Å². The van der Waals surface area contributed by atoms with Gasteiger partial charge in [-0.15, -0.1) is 6.58 Å². The van der Waals surface area contributed by atoms with E-state index in [1.165, 1.54) is 56.9 Å². The average molecular weight is 349 g/mol. The summed E-state index contributed by atoms with van der Waals surface area (Å²) in [5.74, 6) is 0.912. The maximum Gasteiger partial charge on any atom is 0.119 e. The third-order valence-electron chi connectivity index (χ3n) is 4.10. The fraction of sp³-hybridized carbons (Fsp3) is 0.636. The lowest BCUT2D eigenvalue weighted by Gasteiger charge is -2.08. The molecule has 0 atom stereocenters. The Balaban J connectivity index is 2.00. The van der Waals surface area contributed by atoms with Crippen LogP contribution in [0.25, 0.3) is 0 Å². The van der Waals surface area contributed by atoms with E-state index >= 15 is 0 Å². The topological polar surface area (TPSA) is 27.7 Å². The van der Waals surface area contributed by atoms with Gasteiger partial charge >= 0.3 is 0 Å². The number of unbranched alkanes of at least 4 members (excludes halogenated alkanes) is 6. The molecule has 0 heterocycles. The van der Waals surface area contributed by atoms with E-state index in [1.807, 2.05) is 0 Å². The van der Waals surface area contributed by atoms with Crippen LogP contribution >= 0.6 is 0 Å². The minimum absolute atomic E-state index is 0.568. The third kappa shape index (κ3) is 12.7. The first-order valence-electron chi connectivity index (χ1n) is 9.85. The molecule has 0 unspecified atom stereocenters. The Morgan fingerprint density at radius 3 is 2.16 bits per heavy atom.